The fraction of sp³-hybridized carbons (Fsp3) is 0.600. The molecule has 2 heterocycles. The van der Waals surface area contributed by atoms with Gasteiger partial charge in [-0.3, -0.25) is 4.79 Å². The maximum atomic E-state index is 12.5. The molecule has 5 nitrogen and oxygen atoms in total. The van der Waals surface area contributed by atoms with E-state index >= 15 is 0 Å². The molecule has 6 heteroatoms. The molecule has 0 radical (unpaired) electrons. The zero-order valence-electron chi connectivity index (χ0n) is 12.7. The molecular formula is C15H22N2O3S. The molecular weight excluding hydrogens is 288 g/mol. The van der Waals surface area contributed by atoms with Crippen LogP contribution in [0.15, 0.2) is 17.5 Å². The van der Waals surface area contributed by atoms with Crippen LogP contribution >= 0.6 is 11.3 Å². The van der Waals surface area contributed by atoms with Crippen LogP contribution in [0.4, 0.5) is 4.79 Å². The Kier molecular flexibility index (Phi) is 4.88. The second-order valence-electron chi connectivity index (χ2n) is 5.88. The number of carboxylic acid groups (broad SMARTS) is 1. The number of carbonyl (C=O) groups excluding carboxylic acids is 1. The zero-order chi connectivity index (χ0) is 15.6. The third kappa shape index (κ3) is 3.56. The number of carboxylic acids is 1. The van der Waals surface area contributed by atoms with E-state index in [9.17, 15) is 9.59 Å². The summed E-state index contributed by atoms with van der Waals surface area (Å²) in [6.45, 7) is 7.41. The highest BCUT2D eigenvalue weighted by molar-refractivity contribution is 7.09. The first-order chi connectivity index (χ1) is 9.90. The molecule has 1 fully saturated rings. The fourth-order valence-corrected chi connectivity index (χ4v) is 3.11. The molecule has 116 valence electrons. The molecule has 2 rings (SSSR count). The Bertz CT molecular complexity index is 495. The molecule has 1 aromatic heterocycles. The van der Waals surface area contributed by atoms with Gasteiger partial charge in [0, 0.05) is 29.9 Å². The molecule has 0 saturated carbocycles. The van der Waals surface area contributed by atoms with Crippen LogP contribution in [0.5, 0.6) is 0 Å². The summed E-state index contributed by atoms with van der Waals surface area (Å²) in [7, 11) is 0. The number of urea groups is 1. The smallest absolute Gasteiger partial charge is 0.320 e. The monoisotopic (exact) mass is 310 g/mol. The van der Waals surface area contributed by atoms with E-state index in [2.05, 4.69) is 0 Å². The number of nitrogens with zero attached hydrogens (tertiary/aromatic N) is 2. The first kappa shape index (κ1) is 15.8. The van der Waals surface area contributed by atoms with Gasteiger partial charge in [-0.25, -0.2) is 4.79 Å². The summed E-state index contributed by atoms with van der Waals surface area (Å²) in [5.41, 5.74) is 0. The predicted octanol–water partition coefficient (Wildman–Crippen LogP) is 2.73. The molecule has 0 aromatic carbocycles. The van der Waals surface area contributed by atoms with Gasteiger partial charge in [-0.1, -0.05) is 13.0 Å². The van der Waals surface area contributed by atoms with Crippen LogP contribution in [-0.2, 0) is 11.3 Å². The van der Waals surface area contributed by atoms with Crippen LogP contribution in [0.2, 0.25) is 0 Å². The maximum absolute atomic E-state index is 12.5. The van der Waals surface area contributed by atoms with Crippen molar-refractivity contribution in [2.24, 2.45) is 11.8 Å². The van der Waals surface area contributed by atoms with Crippen LogP contribution in [0.3, 0.4) is 0 Å². The molecule has 2 amide bonds. The highest BCUT2D eigenvalue weighted by Gasteiger charge is 2.39. The minimum absolute atomic E-state index is 0.00670. The number of hydrogen-bond acceptors (Lipinski definition) is 3. The average molecular weight is 310 g/mol. The van der Waals surface area contributed by atoms with E-state index in [4.69, 9.17) is 5.11 Å². The van der Waals surface area contributed by atoms with Gasteiger partial charge in [0.1, 0.15) is 0 Å². The van der Waals surface area contributed by atoms with Gasteiger partial charge in [0.15, 0.2) is 0 Å². The Labute approximate surface area is 129 Å². The van der Waals surface area contributed by atoms with Gasteiger partial charge in [-0.15, -0.1) is 11.3 Å². The van der Waals surface area contributed by atoms with Crippen molar-refractivity contribution in [3.05, 3.63) is 22.4 Å². The van der Waals surface area contributed by atoms with Gasteiger partial charge in [-0.2, -0.15) is 0 Å². The molecule has 0 spiro atoms. The van der Waals surface area contributed by atoms with E-state index in [1.807, 2.05) is 36.3 Å². The van der Waals surface area contributed by atoms with E-state index in [1.54, 1.807) is 23.2 Å². The number of hydrogen-bond donors (Lipinski definition) is 1. The quantitative estimate of drug-likeness (QED) is 0.909. The Balaban J connectivity index is 1.93. The number of carbonyl (C=O) groups is 2. The maximum Gasteiger partial charge on any atom is 0.320 e. The van der Waals surface area contributed by atoms with Crippen molar-refractivity contribution in [3.63, 3.8) is 0 Å². The Hall–Kier alpha value is -1.56. The zero-order valence-corrected chi connectivity index (χ0v) is 13.5. The average Bonchev–Trinajstić information content (AvgIpc) is 2.86. The van der Waals surface area contributed by atoms with Crippen molar-refractivity contribution < 1.29 is 14.7 Å². The minimum Gasteiger partial charge on any atom is -0.481 e. The lowest BCUT2D eigenvalue weighted by Gasteiger charge is -2.44. The summed E-state index contributed by atoms with van der Waals surface area (Å²) in [4.78, 5) is 28.2. The van der Waals surface area contributed by atoms with Crippen molar-refractivity contribution >= 4 is 23.3 Å². The topological polar surface area (TPSA) is 60.9 Å². The summed E-state index contributed by atoms with van der Waals surface area (Å²) in [6, 6.07) is 4.14. The van der Waals surface area contributed by atoms with Gasteiger partial charge in [0.2, 0.25) is 0 Å². The van der Waals surface area contributed by atoms with E-state index in [1.165, 1.54) is 0 Å². The summed E-state index contributed by atoms with van der Waals surface area (Å²) in [5.74, 6) is -1.10. The molecule has 1 atom stereocenters. The third-order valence-corrected chi connectivity index (χ3v) is 4.91. The van der Waals surface area contributed by atoms with E-state index in [-0.39, 0.29) is 23.9 Å². The molecule has 1 aromatic rings. The van der Waals surface area contributed by atoms with Crippen LogP contribution < -0.4 is 0 Å². The van der Waals surface area contributed by atoms with Crippen molar-refractivity contribution in [3.8, 4) is 0 Å². The van der Waals surface area contributed by atoms with Gasteiger partial charge < -0.3 is 14.9 Å². The fourth-order valence-electron chi connectivity index (χ4n) is 2.41. The Morgan fingerprint density at radius 1 is 1.43 bits per heavy atom. The van der Waals surface area contributed by atoms with Crippen LogP contribution in [-0.4, -0.2) is 46.0 Å². The molecule has 1 saturated heterocycles. The van der Waals surface area contributed by atoms with Gasteiger partial charge in [0.25, 0.3) is 0 Å². The second-order valence-corrected chi connectivity index (χ2v) is 6.91. The summed E-state index contributed by atoms with van der Waals surface area (Å²) in [5, 5.41) is 11.0. The summed E-state index contributed by atoms with van der Waals surface area (Å²) < 4.78 is 0. The molecule has 1 aliphatic heterocycles. The molecule has 1 aliphatic rings. The van der Waals surface area contributed by atoms with Gasteiger partial charge in [-0.05, 0) is 25.3 Å². The van der Waals surface area contributed by atoms with Gasteiger partial charge >= 0.3 is 12.0 Å². The van der Waals surface area contributed by atoms with Crippen LogP contribution in [0.25, 0.3) is 0 Å². The highest BCUT2D eigenvalue weighted by Crippen LogP contribution is 2.26. The number of aliphatic carboxylic acids is 1. The molecule has 1 N–H and O–H groups in total. The molecule has 0 bridgehead atoms. The summed E-state index contributed by atoms with van der Waals surface area (Å²) in [6.07, 6.45) is 0. The van der Waals surface area contributed by atoms with Gasteiger partial charge in [0.05, 0.1) is 12.5 Å². The Morgan fingerprint density at radius 2 is 2.10 bits per heavy atom. The number of likely N-dealkylation sites (tertiary alicyclic amines) is 1. The molecule has 21 heavy (non-hydrogen) atoms. The largest absolute Gasteiger partial charge is 0.481 e. The lowest BCUT2D eigenvalue weighted by molar-refractivity contribution is -0.145. The van der Waals surface area contributed by atoms with E-state index in [0.29, 0.717) is 19.6 Å². The van der Waals surface area contributed by atoms with Crippen LogP contribution in [0.1, 0.15) is 25.6 Å². The van der Waals surface area contributed by atoms with E-state index < -0.39 is 5.97 Å². The van der Waals surface area contributed by atoms with Crippen LogP contribution in [0, 0.1) is 11.8 Å². The first-order valence-corrected chi connectivity index (χ1v) is 8.08. The summed E-state index contributed by atoms with van der Waals surface area (Å²) >= 11 is 1.64. The highest BCUT2D eigenvalue weighted by atomic mass is 32.1. The predicted molar refractivity (Wildman–Crippen MR) is 82.3 cm³/mol. The SMILES string of the molecule is CC(C(=O)O)C1CN(C(=O)N(Cc2cccs2)C(C)C)C1. The molecule has 1 unspecified atom stereocenters. The van der Waals surface area contributed by atoms with Crippen molar-refractivity contribution in [2.45, 2.75) is 33.4 Å². The Morgan fingerprint density at radius 3 is 2.57 bits per heavy atom. The number of thiophene rings is 1. The van der Waals surface area contributed by atoms with Crippen molar-refractivity contribution in [1.82, 2.24) is 9.80 Å². The minimum atomic E-state index is -0.786. The van der Waals surface area contributed by atoms with Crippen molar-refractivity contribution in [1.29, 1.82) is 0 Å². The number of amides is 2. The third-order valence-electron chi connectivity index (χ3n) is 4.05. The molecule has 0 aliphatic carbocycles. The lowest BCUT2D eigenvalue weighted by Crippen LogP contribution is -2.58. The van der Waals surface area contributed by atoms with E-state index in [0.717, 1.165) is 4.88 Å². The van der Waals surface area contributed by atoms with Crippen molar-refractivity contribution in [2.75, 3.05) is 13.1 Å². The standard InChI is InChI=1S/C15H22N2O3S/c1-10(2)17(9-13-5-4-6-21-13)15(20)16-7-12(8-16)11(3)14(18)19/h4-6,10-12H,7-9H2,1-3H3,(H,18,19). The normalized spacial score (nSPS) is 16.7. The first-order valence-electron chi connectivity index (χ1n) is 7.21. The number of rotatable bonds is 5. The second kappa shape index (κ2) is 6.47. The lowest BCUT2D eigenvalue weighted by atomic mass is 9.87.